The van der Waals surface area contributed by atoms with E-state index in [0.717, 1.165) is 0 Å². The first-order valence-corrected chi connectivity index (χ1v) is 8.61. The Bertz CT molecular complexity index is 860. The number of hydrogen-bond acceptors (Lipinski definition) is 4. The van der Waals surface area contributed by atoms with Crippen molar-refractivity contribution in [3.8, 4) is 11.5 Å². The molecule has 25 heavy (non-hydrogen) atoms. The molecule has 0 saturated heterocycles. The molecular formula is C16H11BrCl2N2O4. The molecule has 2 N–H and O–H groups in total. The molecule has 1 aliphatic heterocycles. The molecule has 2 aromatic carbocycles. The molecule has 0 fully saturated rings. The molecule has 0 radical (unpaired) electrons. The normalized spacial score (nSPS) is 12.7. The lowest BCUT2D eigenvalue weighted by molar-refractivity contribution is -0.119. The zero-order chi connectivity index (χ0) is 18.0. The van der Waals surface area contributed by atoms with E-state index in [1.165, 1.54) is 6.07 Å². The van der Waals surface area contributed by atoms with Gasteiger partial charge in [-0.1, -0.05) is 23.2 Å². The number of anilines is 2. The van der Waals surface area contributed by atoms with Gasteiger partial charge in [-0.05, 0) is 40.2 Å². The molecular weight excluding hydrogens is 435 g/mol. The van der Waals surface area contributed by atoms with Crippen molar-refractivity contribution in [3.63, 3.8) is 0 Å². The Labute approximate surface area is 161 Å². The van der Waals surface area contributed by atoms with Crippen molar-refractivity contribution in [2.24, 2.45) is 0 Å². The summed E-state index contributed by atoms with van der Waals surface area (Å²) in [6.45, 7) is -0.303. The number of amides is 2. The van der Waals surface area contributed by atoms with Crippen LogP contribution < -0.4 is 20.1 Å². The summed E-state index contributed by atoms with van der Waals surface area (Å²) in [5, 5.41) is 6.18. The zero-order valence-corrected chi connectivity index (χ0v) is 15.7. The van der Waals surface area contributed by atoms with Crippen molar-refractivity contribution >= 4 is 62.3 Å². The maximum absolute atomic E-state index is 12.1. The fourth-order valence-electron chi connectivity index (χ4n) is 2.12. The Morgan fingerprint density at radius 2 is 2.12 bits per heavy atom. The maximum atomic E-state index is 12.1. The van der Waals surface area contributed by atoms with E-state index in [-0.39, 0.29) is 25.0 Å². The van der Waals surface area contributed by atoms with Crippen molar-refractivity contribution in [2.75, 3.05) is 23.8 Å². The van der Waals surface area contributed by atoms with E-state index in [9.17, 15) is 9.59 Å². The van der Waals surface area contributed by atoms with E-state index in [1.54, 1.807) is 24.3 Å². The Hall–Kier alpha value is -1.96. The molecule has 0 atom stereocenters. The number of rotatable bonds is 4. The van der Waals surface area contributed by atoms with E-state index >= 15 is 0 Å². The van der Waals surface area contributed by atoms with Crippen LogP contribution in [0.25, 0.3) is 0 Å². The van der Waals surface area contributed by atoms with Gasteiger partial charge in [0.15, 0.2) is 13.2 Å². The van der Waals surface area contributed by atoms with Gasteiger partial charge in [0.1, 0.15) is 11.5 Å². The summed E-state index contributed by atoms with van der Waals surface area (Å²) in [4.78, 5) is 23.4. The molecule has 2 aromatic rings. The van der Waals surface area contributed by atoms with Crippen LogP contribution in [0.15, 0.2) is 34.8 Å². The lowest BCUT2D eigenvalue weighted by Crippen LogP contribution is -2.26. The lowest BCUT2D eigenvalue weighted by Gasteiger charge is -2.19. The molecule has 9 heteroatoms. The van der Waals surface area contributed by atoms with Crippen LogP contribution in [-0.2, 0) is 9.59 Å². The summed E-state index contributed by atoms with van der Waals surface area (Å²) < 4.78 is 11.3. The molecule has 0 aromatic heterocycles. The van der Waals surface area contributed by atoms with E-state index in [2.05, 4.69) is 26.6 Å². The minimum Gasteiger partial charge on any atom is -0.482 e. The van der Waals surface area contributed by atoms with Gasteiger partial charge in [-0.15, -0.1) is 0 Å². The molecule has 0 spiro atoms. The molecule has 6 nitrogen and oxygen atoms in total. The van der Waals surface area contributed by atoms with Crippen LogP contribution in [0.3, 0.4) is 0 Å². The highest BCUT2D eigenvalue weighted by atomic mass is 79.9. The second-order valence-electron chi connectivity index (χ2n) is 5.08. The minimum atomic E-state index is -0.383. The van der Waals surface area contributed by atoms with Gasteiger partial charge >= 0.3 is 0 Å². The minimum absolute atomic E-state index is 0.0693. The summed E-state index contributed by atoms with van der Waals surface area (Å²) in [5.41, 5.74) is 1.02. The van der Waals surface area contributed by atoms with Gasteiger partial charge in [0.2, 0.25) is 0 Å². The van der Waals surface area contributed by atoms with Gasteiger partial charge in [-0.3, -0.25) is 9.59 Å². The van der Waals surface area contributed by atoms with Gasteiger partial charge in [0.05, 0.1) is 16.4 Å². The highest BCUT2D eigenvalue weighted by Gasteiger charge is 2.19. The summed E-state index contributed by atoms with van der Waals surface area (Å²) in [5.74, 6) is 0.215. The van der Waals surface area contributed by atoms with E-state index < -0.39 is 0 Å². The molecule has 130 valence electrons. The number of benzene rings is 2. The molecule has 1 heterocycles. The van der Waals surface area contributed by atoms with Crippen molar-refractivity contribution in [2.45, 2.75) is 0 Å². The van der Waals surface area contributed by atoms with Crippen LogP contribution in [0.1, 0.15) is 0 Å². The summed E-state index contributed by atoms with van der Waals surface area (Å²) in [6, 6.07) is 8.00. The third-order valence-corrected chi connectivity index (χ3v) is 4.42. The number of fused-ring (bicyclic) bond motifs is 1. The van der Waals surface area contributed by atoms with Gasteiger partial charge in [-0.2, -0.15) is 0 Å². The Balaban J connectivity index is 1.66. The van der Waals surface area contributed by atoms with Crippen molar-refractivity contribution < 1.29 is 19.1 Å². The topological polar surface area (TPSA) is 76.7 Å². The van der Waals surface area contributed by atoms with Crippen LogP contribution in [-0.4, -0.2) is 25.0 Å². The first-order chi connectivity index (χ1) is 11.9. The quantitative estimate of drug-likeness (QED) is 0.742. The maximum Gasteiger partial charge on any atom is 0.262 e. The summed E-state index contributed by atoms with van der Waals surface area (Å²) in [6.07, 6.45) is 0. The van der Waals surface area contributed by atoms with Crippen molar-refractivity contribution in [1.82, 2.24) is 0 Å². The second kappa shape index (κ2) is 7.51. The Morgan fingerprint density at radius 1 is 1.32 bits per heavy atom. The smallest absolute Gasteiger partial charge is 0.262 e. The third kappa shape index (κ3) is 4.36. The van der Waals surface area contributed by atoms with Crippen LogP contribution in [0.2, 0.25) is 10.0 Å². The first kappa shape index (κ1) is 17.8. The third-order valence-electron chi connectivity index (χ3n) is 3.23. The number of ether oxygens (including phenoxy) is 2. The van der Waals surface area contributed by atoms with E-state index in [1.807, 2.05) is 0 Å². The van der Waals surface area contributed by atoms with Gasteiger partial charge in [0, 0.05) is 15.6 Å². The molecule has 0 bridgehead atoms. The van der Waals surface area contributed by atoms with Crippen LogP contribution in [0, 0.1) is 0 Å². The van der Waals surface area contributed by atoms with Gasteiger partial charge in [0.25, 0.3) is 11.8 Å². The first-order valence-electron chi connectivity index (χ1n) is 7.06. The highest BCUT2D eigenvalue weighted by Crippen LogP contribution is 2.36. The average molecular weight is 446 g/mol. The molecule has 0 unspecified atom stereocenters. The standard InChI is InChI=1S/C16H11BrCl2N2O4/c17-9-4-12-14(25-7-16(23)21-12)5-11(9)20-15(22)6-24-13-2-1-8(18)3-10(13)19/h1-5H,6-7H2,(H,20,22)(H,21,23). The van der Waals surface area contributed by atoms with Crippen LogP contribution in [0.4, 0.5) is 11.4 Å². The largest absolute Gasteiger partial charge is 0.482 e. The highest BCUT2D eigenvalue weighted by molar-refractivity contribution is 9.10. The van der Waals surface area contributed by atoms with Crippen molar-refractivity contribution in [3.05, 3.63) is 44.8 Å². The van der Waals surface area contributed by atoms with Gasteiger partial charge in [-0.25, -0.2) is 0 Å². The molecule has 0 saturated carbocycles. The number of carbonyl (C=O) groups is 2. The van der Waals surface area contributed by atoms with Crippen molar-refractivity contribution in [1.29, 1.82) is 0 Å². The molecule has 3 rings (SSSR count). The predicted octanol–water partition coefficient (Wildman–Crippen LogP) is 4.10. The molecule has 2 amide bonds. The van der Waals surface area contributed by atoms with Gasteiger partial charge < -0.3 is 20.1 Å². The van der Waals surface area contributed by atoms with Crippen LogP contribution >= 0.6 is 39.1 Å². The molecule has 1 aliphatic rings. The zero-order valence-electron chi connectivity index (χ0n) is 12.6. The summed E-state index contributed by atoms with van der Waals surface area (Å²) >= 11 is 15.1. The average Bonchev–Trinajstić information content (AvgIpc) is 2.55. The SMILES string of the molecule is O=C(COc1ccc(Cl)cc1Cl)Nc1cc2c(cc1Br)NC(=O)CO2. The predicted molar refractivity (Wildman–Crippen MR) is 98.9 cm³/mol. The fraction of sp³-hybridized carbons (Fsp3) is 0.125. The number of hydrogen-bond donors (Lipinski definition) is 2. The van der Waals surface area contributed by atoms with Crippen LogP contribution in [0.5, 0.6) is 11.5 Å². The van der Waals surface area contributed by atoms with E-state index in [4.69, 9.17) is 32.7 Å². The number of carbonyl (C=O) groups excluding carboxylic acids is 2. The van der Waals surface area contributed by atoms with E-state index in [0.29, 0.717) is 37.4 Å². The number of halogens is 3. The Kier molecular flexibility index (Phi) is 5.36. The number of nitrogens with one attached hydrogen (secondary N) is 2. The molecule has 0 aliphatic carbocycles. The lowest BCUT2D eigenvalue weighted by atomic mass is 10.2. The fourth-order valence-corrected chi connectivity index (χ4v) is 3.02. The second-order valence-corrected chi connectivity index (χ2v) is 6.77. The Morgan fingerprint density at radius 3 is 2.88 bits per heavy atom. The monoisotopic (exact) mass is 444 g/mol. The summed E-state index contributed by atoms with van der Waals surface area (Å²) in [7, 11) is 0.